The Hall–Kier alpha value is -0.870. The molecular weight excluding hydrogens is 270 g/mol. The lowest BCUT2D eigenvalue weighted by Gasteiger charge is -2.21. The van der Waals surface area contributed by atoms with Crippen LogP contribution >= 0.6 is 15.9 Å². The fourth-order valence-corrected chi connectivity index (χ4v) is 1.80. The molecule has 0 heterocycles. The maximum atomic E-state index is 10.9. The van der Waals surface area contributed by atoms with Crippen molar-refractivity contribution in [3.05, 3.63) is 28.2 Å². The Kier molecular flexibility index (Phi) is 4.96. The maximum absolute atomic E-state index is 10.9. The highest BCUT2D eigenvalue weighted by Crippen LogP contribution is 2.23. The number of anilines is 1. The second-order valence-corrected chi connectivity index (χ2v) is 4.80. The minimum Gasteiger partial charge on any atom is -0.393 e. The van der Waals surface area contributed by atoms with Crippen molar-refractivity contribution in [2.45, 2.75) is 19.4 Å². The van der Waals surface area contributed by atoms with Crippen LogP contribution in [0.3, 0.4) is 0 Å². The van der Waals surface area contributed by atoms with Crippen molar-refractivity contribution in [3.8, 4) is 0 Å². The number of benzene rings is 1. The smallest absolute Gasteiger partial charge is 0.152 e. The molecule has 1 N–H and O–H groups in total. The molecular formula is C12H16BrNO2. The average Bonchev–Trinajstić information content (AvgIpc) is 2.25. The number of halogens is 1. The number of aliphatic hydroxyl groups excluding tert-OH is 1. The summed E-state index contributed by atoms with van der Waals surface area (Å²) in [4.78, 5) is 12.9. The summed E-state index contributed by atoms with van der Waals surface area (Å²) in [6, 6.07) is 5.53. The van der Waals surface area contributed by atoms with Crippen molar-refractivity contribution < 1.29 is 9.90 Å². The van der Waals surface area contributed by atoms with Crippen LogP contribution in [0.15, 0.2) is 22.7 Å². The number of aliphatic hydroxyl groups is 1. The molecule has 16 heavy (non-hydrogen) atoms. The second kappa shape index (κ2) is 6.01. The summed E-state index contributed by atoms with van der Waals surface area (Å²) in [6.07, 6.45) is 1.20. The van der Waals surface area contributed by atoms with Crippen molar-refractivity contribution in [3.63, 3.8) is 0 Å². The minimum atomic E-state index is -0.325. The van der Waals surface area contributed by atoms with Gasteiger partial charge in [0.25, 0.3) is 0 Å². The summed E-state index contributed by atoms with van der Waals surface area (Å²) in [6.45, 7) is 2.48. The van der Waals surface area contributed by atoms with Gasteiger partial charge in [0.15, 0.2) is 6.29 Å². The van der Waals surface area contributed by atoms with Crippen molar-refractivity contribution in [1.29, 1.82) is 0 Å². The van der Waals surface area contributed by atoms with E-state index in [0.717, 1.165) is 23.0 Å². The Bertz CT molecular complexity index is 366. The van der Waals surface area contributed by atoms with Gasteiger partial charge in [0.2, 0.25) is 0 Å². The molecule has 0 saturated carbocycles. The fourth-order valence-electron chi connectivity index (χ4n) is 1.45. The quantitative estimate of drug-likeness (QED) is 0.845. The Labute approximate surface area is 104 Å². The third-order valence-corrected chi connectivity index (χ3v) is 2.91. The number of carbonyl (C=O) groups is 1. The van der Waals surface area contributed by atoms with E-state index >= 15 is 0 Å². The normalized spacial score (nSPS) is 12.2. The third kappa shape index (κ3) is 3.61. The molecule has 0 aliphatic rings. The average molecular weight is 286 g/mol. The molecule has 0 fully saturated rings. The molecule has 0 amide bonds. The first kappa shape index (κ1) is 13.2. The van der Waals surface area contributed by atoms with Gasteiger partial charge in [-0.25, -0.2) is 0 Å². The van der Waals surface area contributed by atoms with E-state index < -0.39 is 0 Å². The highest BCUT2D eigenvalue weighted by Gasteiger charge is 2.08. The largest absolute Gasteiger partial charge is 0.393 e. The molecule has 0 spiro atoms. The summed E-state index contributed by atoms with van der Waals surface area (Å²) < 4.78 is 0.942. The highest BCUT2D eigenvalue weighted by atomic mass is 79.9. The van der Waals surface area contributed by atoms with E-state index in [1.54, 1.807) is 13.0 Å². The molecule has 0 saturated heterocycles. The highest BCUT2D eigenvalue weighted by molar-refractivity contribution is 9.10. The van der Waals surface area contributed by atoms with Gasteiger partial charge >= 0.3 is 0 Å². The van der Waals surface area contributed by atoms with E-state index in [-0.39, 0.29) is 6.10 Å². The van der Waals surface area contributed by atoms with Gasteiger partial charge in [-0.3, -0.25) is 4.79 Å². The summed E-state index contributed by atoms with van der Waals surface area (Å²) >= 11 is 3.38. The zero-order valence-corrected chi connectivity index (χ0v) is 11.1. The Morgan fingerprint density at radius 3 is 2.81 bits per heavy atom. The summed E-state index contributed by atoms with van der Waals surface area (Å²) in [7, 11) is 1.91. The zero-order chi connectivity index (χ0) is 12.1. The first-order valence-corrected chi connectivity index (χ1v) is 5.98. The van der Waals surface area contributed by atoms with Crippen LogP contribution in [-0.2, 0) is 0 Å². The minimum absolute atomic E-state index is 0.325. The van der Waals surface area contributed by atoms with Crippen LogP contribution < -0.4 is 4.90 Å². The molecule has 1 aromatic carbocycles. The van der Waals surface area contributed by atoms with Crippen molar-refractivity contribution in [2.75, 3.05) is 18.5 Å². The van der Waals surface area contributed by atoms with Crippen molar-refractivity contribution in [1.82, 2.24) is 0 Å². The summed E-state index contributed by atoms with van der Waals surface area (Å²) in [5.41, 5.74) is 1.54. The van der Waals surface area contributed by atoms with Gasteiger partial charge in [-0.1, -0.05) is 15.9 Å². The number of hydrogen-bond donors (Lipinski definition) is 1. The molecule has 1 unspecified atom stereocenters. The van der Waals surface area contributed by atoms with E-state index in [2.05, 4.69) is 15.9 Å². The van der Waals surface area contributed by atoms with Crippen LogP contribution in [0, 0.1) is 0 Å². The molecule has 1 rings (SSSR count). The number of hydrogen-bond acceptors (Lipinski definition) is 3. The first-order chi connectivity index (χ1) is 7.54. The molecule has 3 nitrogen and oxygen atoms in total. The number of carbonyl (C=O) groups excluding carboxylic acids is 1. The predicted octanol–water partition coefficient (Wildman–Crippen LogP) is 2.47. The molecule has 1 aromatic rings. The molecule has 0 bridgehead atoms. The van der Waals surface area contributed by atoms with Crippen molar-refractivity contribution in [2.24, 2.45) is 0 Å². The standard InChI is InChI=1S/C12H16BrNO2/c1-9(16)5-6-14(2)12-7-11(13)4-3-10(12)8-15/h3-4,7-9,16H,5-6H2,1-2H3. The Morgan fingerprint density at radius 1 is 1.56 bits per heavy atom. The lowest BCUT2D eigenvalue weighted by Crippen LogP contribution is -2.22. The van der Waals surface area contributed by atoms with Crippen LogP contribution in [0.5, 0.6) is 0 Å². The lowest BCUT2D eigenvalue weighted by atomic mass is 10.1. The molecule has 4 heteroatoms. The second-order valence-electron chi connectivity index (χ2n) is 3.88. The van der Waals surface area contributed by atoms with E-state index in [4.69, 9.17) is 0 Å². The SMILES string of the molecule is CC(O)CCN(C)c1cc(Br)ccc1C=O. The van der Waals surface area contributed by atoms with E-state index in [1.807, 2.05) is 24.1 Å². The molecule has 0 radical (unpaired) electrons. The third-order valence-electron chi connectivity index (χ3n) is 2.41. The van der Waals surface area contributed by atoms with Gasteiger partial charge < -0.3 is 10.0 Å². The van der Waals surface area contributed by atoms with E-state index in [9.17, 15) is 9.90 Å². The number of nitrogens with zero attached hydrogens (tertiary/aromatic N) is 1. The Balaban J connectivity index is 2.84. The van der Waals surface area contributed by atoms with Gasteiger partial charge in [0, 0.05) is 29.3 Å². The van der Waals surface area contributed by atoms with Gasteiger partial charge in [-0.05, 0) is 31.5 Å². The molecule has 0 aromatic heterocycles. The monoisotopic (exact) mass is 285 g/mol. The van der Waals surface area contributed by atoms with E-state index in [1.165, 1.54) is 0 Å². The number of aldehydes is 1. The van der Waals surface area contributed by atoms with E-state index in [0.29, 0.717) is 12.0 Å². The van der Waals surface area contributed by atoms with Gasteiger partial charge in [-0.15, -0.1) is 0 Å². The fraction of sp³-hybridized carbons (Fsp3) is 0.417. The predicted molar refractivity (Wildman–Crippen MR) is 69.1 cm³/mol. The summed E-state index contributed by atoms with van der Waals surface area (Å²) in [5.74, 6) is 0. The van der Waals surface area contributed by atoms with Crippen LogP contribution in [0.25, 0.3) is 0 Å². The Morgan fingerprint density at radius 2 is 2.25 bits per heavy atom. The molecule has 88 valence electrons. The maximum Gasteiger partial charge on any atom is 0.152 e. The van der Waals surface area contributed by atoms with Gasteiger partial charge in [0.1, 0.15) is 0 Å². The van der Waals surface area contributed by atoms with Gasteiger partial charge in [-0.2, -0.15) is 0 Å². The molecule has 0 aliphatic carbocycles. The molecule has 1 atom stereocenters. The number of rotatable bonds is 5. The van der Waals surface area contributed by atoms with Crippen LogP contribution in [0.4, 0.5) is 5.69 Å². The zero-order valence-electron chi connectivity index (χ0n) is 9.48. The first-order valence-electron chi connectivity index (χ1n) is 5.18. The van der Waals surface area contributed by atoms with Crippen LogP contribution in [0.2, 0.25) is 0 Å². The summed E-state index contributed by atoms with van der Waals surface area (Å²) in [5, 5.41) is 9.22. The van der Waals surface area contributed by atoms with Crippen LogP contribution in [0.1, 0.15) is 23.7 Å². The van der Waals surface area contributed by atoms with Crippen molar-refractivity contribution >= 4 is 27.9 Å². The topological polar surface area (TPSA) is 40.5 Å². The van der Waals surface area contributed by atoms with Gasteiger partial charge in [0.05, 0.1) is 6.10 Å². The van der Waals surface area contributed by atoms with Crippen LogP contribution in [-0.4, -0.2) is 31.1 Å². The molecule has 0 aliphatic heterocycles. The lowest BCUT2D eigenvalue weighted by molar-refractivity contribution is 0.112.